The highest BCUT2D eigenvalue weighted by Crippen LogP contribution is 2.45. The molecule has 1 spiro atoms. The SMILES string of the molecule is CC(C)NC(=O)O[C@@H]1CC[C@H](c2cc(Nc3cccc4c3CC3(COC3)C4)n[nH]2)C1. The summed E-state index contributed by atoms with van der Waals surface area (Å²) in [6.07, 6.45) is 4.53. The highest BCUT2D eigenvalue weighted by atomic mass is 16.6. The topological polar surface area (TPSA) is 88.3 Å². The van der Waals surface area contributed by atoms with Gasteiger partial charge in [0.25, 0.3) is 0 Å². The van der Waals surface area contributed by atoms with E-state index in [2.05, 4.69) is 45.1 Å². The normalized spacial score (nSPS) is 24.0. The number of carbonyl (C=O) groups is 1. The van der Waals surface area contributed by atoms with Gasteiger partial charge < -0.3 is 20.1 Å². The summed E-state index contributed by atoms with van der Waals surface area (Å²) in [5, 5.41) is 14.0. The van der Waals surface area contributed by atoms with E-state index in [4.69, 9.17) is 9.47 Å². The molecule has 1 amide bonds. The van der Waals surface area contributed by atoms with Crippen molar-refractivity contribution in [2.24, 2.45) is 5.41 Å². The Morgan fingerprint density at radius 1 is 1.30 bits per heavy atom. The van der Waals surface area contributed by atoms with Crippen molar-refractivity contribution in [1.82, 2.24) is 15.5 Å². The van der Waals surface area contributed by atoms with Gasteiger partial charge in [0.1, 0.15) is 6.10 Å². The summed E-state index contributed by atoms with van der Waals surface area (Å²) in [7, 11) is 0. The number of ether oxygens (including phenoxy) is 2. The zero-order chi connectivity index (χ0) is 20.7. The molecule has 1 saturated heterocycles. The molecule has 160 valence electrons. The number of rotatable bonds is 5. The Hall–Kier alpha value is -2.54. The minimum atomic E-state index is -0.324. The third-order valence-electron chi connectivity index (χ3n) is 6.57. The van der Waals surface area contributed by atoms with Gasteiger partial charge in [0.2, 0.25) is 0 Å². The van der Waals surface area contributed by atoms with Gasteiger partial charge in [-0.2, -0.15) is 5.10 Å². The molecule has 1 saturated carbocycles. The average Bonchev–Trinajstić information content (AvgIpc) is 3.38. The van der Waals surface area contributed by atoms with Crippen LogP contribution >= 0.6 is 0 Å². The number of aromatic nitrogens is 2. The largest absolute Gasteiger partial charge is 0.446 e. The number of hydrogen-bond donors (Lipinski definition) is 3. The molecule has 30 heavy (non-hydrogen) atoms. The fourth-order valence-electron chi connectivity index (χ4n) is 5.06. The number of H-pyrrole nitrogens is 1. The molecular formula is C23H30N4O3. The molecule has 0 unspecified atom stereocenters. The van der Waals surface area contributed by atoms with Crippen LogP contribution in [0.1, 0.15) is 55.8 Å². The number of carbonyl (C=O) groups excluding carboxylic acids is 1. The van der Waals surface area contributed by atoms with Gasteiger partial charge in [-0.3, -0.25) is 5.10 Å². The molecule has 1 aromatic heterocycles. The lowest BCUT2D eigenvalue weighted by Gasteiger charge is -2.37. The predicted molar refractivity (Wildman–Crippen MR) is 114 cm³/mol. The first kappa shape index (κ1) is 19.4. The van der Waals surface area contributed by atoms with Crippen LogP contribution in [-0.4, -0.2) is 41.7 Å². The fourth-order valence-corrected chi connectivity index (χ4v) is 5.06. The summed E-state index contributed by atoms with van der Waals surface area (Å²) in [4.78, 5) is 11.9. The van der Waals surface area contributed by atoms with Gasteiger partial charge in [0.15, 0.2) is 5.82 Å². The van der Waals surface area contributed by atoms with E-state index in [0.717, 1.165) is 62.5 Å². The van der Waals surface area contributed by atoms with E-state index in [1.54, 1.807) is 0 Å². The molecule has 2 aromatic rings. The predicted octanol–water partition coefficient (Wildman–Crippen LogP) is 4.04. The lowest BCUT2D eigenvalue weighted by molar-refractivity contribution is -0.106. The lowest BCUT2D eigenvalue weighted by Crippen LogP contribution is -2.43. The van der Waals surface area contributed by atoms with Crippen LogP contribution in [0, 0.1) is 5.41 Å². The quantitative estimate of drug-likeness (QED) is 0.692. The number of alkyl carbamates (subject to hydrolysis) is 1. The summed E-state index contributed by atoms with van der Waals surface area (Å²) < 4.78 is 11.0. The Bertz CT molecular complexity index is 934. The molecule has 1 aromatic carbocycles. The smallest absolute Gasteiger partial charge is 0.407 e. The molecule has 2 fully saturated rings. The molecular weight excluding hydrogens is 380 g/mol. The van der Waals surface area contributed by atoms with Crippen molar-refractivity contribution in [1.29, 1.82) is 0 Å². The monoisotopic (exact) mass is 410 g/mol. The van der Waals surface area contributed by atoms with Crippen molar-refractivity contribution in [2.75, 3.05) is 18.5 Å². The minimum Gasteiger partial charge on any atom is -0.446 e. The Labute approximate surface area is 176 Å². The second-order valence-corrected chi connectivity index (χ2v) is 9.46. The maximum absolute atomic E-state index is 11.9. The van der Waals surface area contributed by atoms with E-state index in [1.165, 1.54) is 11.1 Å². The number of hydrogen-bond acceptors (Lipinski definition) is 5. The standard InChI is InChI=1S/C23H30N4O3/c1-14(2)24-22(28)30-17-7-6-15(8-17)20-9-21(27-26-20)25-19-5-3-4-16-10-23(11-18(16)19)12-29-13-23/h3-5,9,14-15,17H,6-8,10-13H2,1-2H3,(H,24,28)(H2,25,26,27)/t15-,17+/m0/s1. The number of fused-ring (bicyclic) bond motifs is 1. The molecule has 2 heterocycles. The molecule has 3 aliphatic rings. The van der Waals surface area contributed by atoms with Crippen LogP contribution in [0.3, 0.4) is 0 Å². The fraction of sp³-hybridized carbons (Fsp3) is 0.565. The molecule has 3 N–H and O–H groups in total. The summed E-state index contributed by atoms with van der Waals surface area (Å²) in [5.41, 5.74) is 5.39. The molecule has 7 heteroatoms. The van der Waals surface area contributed by atoms with Crippen LogP contribution in [0.5, 0.6) is 0 Å². The third-order valence-corrected chi connectivity index (χ3v) is 6.57. The van der Waals surface area contributed by atoms with Crippen LogP contribution in [0.15, 0.2) is 24.3 Å². The number of nitrogens with one attached hydrogen (secondary N) is 3. The van der Waals surface area contributed by atoms with Gasteiger partial charge in [0.05, 0.1) is 13.2 Å². The first-order valence-corrected chi connectivity index (χ1v) is 11.0. The van der Waals surface area contributed by atoms with Crippen molar-refractivity contribution < 1.29 is 14.3 Å². The number of nitrogens with zero attached hydrogens (tertiary/aromatic N) is 1. The van der Waals surface area contributed by atoms with Crippen molar-refractivity contribution in [3.05, 3.63) is 41.1 Å². The first-order valence-electron chi connectivity index (χ1n) is 11.0. The molecule has 7 nitrogen and oxygen atoms in total. The number of aromatic amines is 1. The second kappa shape index (κ2) is 7.61. The number of anilines is 2. The van der Waals surface area contributed by atoms with Crippen LogP contribution in [0.4, 0.5) is 16.3 Å². The lowest BCUT2D eigenvalue weighted by atomic mass is 9.83. The summed E-state index contributed by atoms with van der Waals surface area (Å²) >= 11 is 0. The first-order chi connectivity index (χ1) is 14.5. The Morgan fingerprint density at radius 2 is 2.17 bits per heavy atom. The van der Waals surface area contributed by atoms with Gasteiger partial charge in [-0.1, -0.05) is 12.1 Å². The van der Waals surface area contributed by atoms with E-state index in [1.807, 2.05) is 13.8 Å². The van der Waals surface area contributed by atoms with E-state index in [9.17, 15) is 4.79 Å². The van der Waals surface area contributed by atoms with E-state index in [0.29, 0.717) is 11.3 Å². The van der Waals surface area contributed by atoms with Crippen LogP contribution < -0.4 is 10.6 Å². The van der Waals surface area contributed by atoms with Gasteiger partial charge in [-0.05, 0) is 63.1 Å². The maximum Gasteiger partial charge on any atom is 0.407 e. The van der Waals surface area contributed by atoms with Gasteiger partial charge >= 0.3 is 6.09 Å². The number of benzene rings is 1. The van der Waals surface area contributed by atoms with Crippen molar-refractivity contribution >= 4 is 17.6 Å². The van der Waals surface area contributed by atoms with Crippen molar-refractivity contribution in [3.8, 4) is 0 Å². The van der Waals surface area contributed by atoms with Crippen LogP contribution in [0.25, 0.3) is 0 Å². The molecule has 2 atom stereocenters. The molecule has 5 rings (SSSR count). The highest BCUT2D eigenvalue weighted by Gasteiger charge is 2.44. The molecule has 1 aliphatic heterocycles. The highest BCUT2D eigenvalue weighted by molar-refractivity contribution is 5.67. The summed E-state index contributed by atoms with van der Waals surface area (Å²) in [5.74, 6) is 1.17. The van der Waals surface area contributed by atoms with Crippen molar-refractivity contribution in [2.45, 2.75) is 64.0 Å². The Morgan fingerprint density at radius 3 is 2.93 bits per heavy atom. The Kier molecular flexibility index (Phi) is 4.93. The van der Waals surface area contributed by atoms with E-state index in [-0.39, 0.29) is 18.2 Å². The average molecular weight is 411 g/mol. The van der Waals surface area contributed by atoms with Crippen LogP contribution in [-0.2, 0) is 22.3 Å². The maximum atomic E-state index is 11.9. The van der Waals surface area contributed by atoms with E-state index >= 15 is 0 Å². The van der Waals surface area contributed by atoms with Crippen LogP contribution in [0.2, 0.25) is 0 Å². The summed E-state index contributed by atoms with van der Waals surface area (Å²) in [6, 6.07) is 8.67. The molecule has 0 bridgehead atoms. The zero-order valence-corrected chi connectivity index (χ0v) is 17.7. The molecule has 2 aliphatic carbocycles. The third kappa shape index (κ3) is 3.78. The number of amides is 1. The van der Waals surface area contributed by atoms with Gasteiger partial charge in [0, 0.05) is 34.8 Å². The summed E-state index contributed by atoms with van der Waals surface area (Å²) in [6.45, 7) is 5.60. The van der Waals surface area contributed by atoms with Gasteiger partial charge in [-0.15, -0.1) is 0 Å². The van der Waals surface area contributed by atoms with Gasteiger partial charge in [-0.25, -0.2) is 4.79 Å². The zero-order valence-electron chi connectivity index (χ0n) is 17.7. The minimum absolute atomic E-state index is 0.0354. The van der Waals surface area contributed by atoms with E-state index < -0.39 is 0 Å². The Balaban J connectivity index is 1.22. The molecule has 0 radical (unpaired) electrons. The van der Waals surface area contributed by atoms with Crippen molar-refractivity contribution in [3.63, 3.8) is 0 Å². The second-order valence-electron chi connectivity index (χ2n) is 9.46.